The smallest absolute Gasteiger partial charge is 0.380 e. The van der Waals surface area contributed by atoms with Crippen molar-refractivity contribution in [1.82, 2.24) is 4.98 Å². The van der Waals surface area contributed by atoms with Crippen LogP contribution in [0, 0.1) is 0 Å². The monoisotopic (exact) mass is 442 g/mol. The van der Waals surface area contributed by atoms with Gasteiger partial charge >= 0.3 is 5.97 Å². The first-order valence-electron chi connectivity index (χ1n) is 6.52. The number of hydrogen-bond donors (Lipinski definition) is 1. The summed E-state index contributed by atoms with van der Waals surface area (Å²) in [4.78, 5) is 26.0. The summed E-state index contributed by atoms with van der Waals surface area (Å²) < 4.78 is 31.8. The van der Waals surface area contributed by atoms with Crippen LogP contribution in [0.4, 0.5) is 5.13 Å². The van der Waals surface area contributed by atoms with Gasteiger partial charge in [-0.1, -0.05) is 53.1 Å². The van der Waals surface area contributed by atoms with E-state index in [1.807, 2.05) is 0 Å². The van der Waals surface area contributed by atoms with Crippen molar-refractivity contribution >= 4 is 73.0 Å². The number of rotatable bonds is 6. The summed E-state index contributed by atoms with van der Waals surface area (Å²) >= 11 is 18.3. The second-order valence-electron chi connectivity index (χ2n) is 4.45. The van der Waals surface area contributed by atoms with Crippen molar-refractivity contribution in [1.29, 1.82) is 0 Å². The van der Waals surface area contributed by atoms with Gasteiger partial charge in [0.05, 0.1) is 16.2 Å². The first-order valence-corrected chi connectivity index (χ1v) is 9.95. The number of Topliss-reactive ketones (excluding diaryl/α,β-unsaturated/α-hetero) is 1. The number of carbonyl (C=O) groups is 2. The lowest BCUT2D eigenvalue weighted by Crippen LogP contribution is -2.18. The normalized spacial score (nSPS) is 11.2. The number of sulfonamides is 1. The first kappa shape index (κ1) is 19.9. The molecule has 0 fully saturated rings. The molecule has 0 amide bonds. The van der Waals surface area contributed by atoms with E-state index in [1.54, 1.807) is 0 Å². The molecule has 2 aromatic rings. The zero-order valence-corrected chi connectivity index (χ0v) is 16.3. The van der Waals surface area contributed by atoms with Crippen molar-refractivity contribution in [2.45, 2.75) is 18.2 Å². The highest BCUT2D eigenvalue weighted by Crippen LogP contribution is 2.35. The van der Waals surface area contributed by atoms with Gasteiger partial charge in [-0.3, -0.25) is 9.52 Å². The number of hydrogen-bond acceptors (Lipinski definition) is 7. The predicted octanol–water partition coefficient (Wildman–Crippen LogP) is 3.79. The van der Waals surface area contributed by atoms with Crippen LogP contribution in [0.25, 0.3) is 0 Å². The number of esters is 1. The molecule has 134 valence electrons. The molecule has 0 aliphatic carbocycles. The van der Waals surface area contributed by atoms with E-state index >= 15 is 0 Å². The van der Waals surface area contributed by atoms with Crippen molar-refractivity contribution in [2.75, 3.05) is 4.72 Å². The molecule has 1 aromatic heterocycles. The van der Waals surface area contributed by atoms with E-state index in [2.05, 4.69) is 9.71 Å². The minimum absolute atomic E-state index is 0.00924. The van der Waals surface area contributed by atoms with Gasteiger partial charge in [0.15, 0.2) is 5.13 Å². The van der Waals surface area contributed by atoms with Gasteiger partial charge in [0.1, 0.15) is 4.90 Å². The molecule has 0 unspecified atom stereocenters. The maximum Gasteiger partial charge on any atom is 0.380 e. The van der Waals surface area contributed by atoms with Gasteiger partial charge < -0.3 is 4.74 Å². The van der Waals surface area contributed by atoms with Crippen LogP contribution in [0.15, 0.2) is 23.2 Å². The van der Waals surface area contributed by atoms with Gasteiger partial charge in [0, 0.05) is 11.4 Å². The van der Waals surface area contributed by atoms with Gasteiger partial charge in [-0.15, -0.1) is 0 Å². The fourth-order valence-electron chi connectivity index (χ4n) is 1.60. The number of ether oxygens (including phenoxy) is 1. The van der Waals surface area contributed by atoms with E-state index in [0.717, 1.165) is 6.20 Å². The average molecular weight is 444 g/mol. The van der Waals surface area contributed by atoms with Crippen molar-refractivity contribution in [2.24, 2.45) is 0 Å². The standard InChI is InChI=1S/C13H9Cl3N2O5S2/c1-2-9(19)12(20)23-10-5-17-13(24-10)18-25(21,22)11-7(15)3-6(14)4-8(11)16/h3-5H,2H2,1H3,(H,17,18). The van der Waals surface area contributed by atoms with Gasteiger partial charge in [-0.25, -0.2) is 18.2 Å². The van der Waals surface area contributed by atoms with Gasteiger partial charge in [-0.2, -0.15) is 0 Å². The molecule has 1 aromatic carbocycles. The van der Waals surface area contributed by atoms with Gasteiger partial charge in [0.25, 0.3) is 10.0 Å². The topological polar surface area (TPSA) is 102 Å². The van der Waals surface area contributed by atoms with Crippen LogP contribution in [0.5, 0.6) is 5.06 Å². The lowest BCUT2D eigenvalue weighted by Gasteiger charge is -2.09. The van der Waals surface area contributed by atoms with Gasteiger partial charge in [-0.05, 0) is 12.1 Å². The Balaban J connectivity index is 2.23. The minimum atomic E-state index is -4.16. The van der Waals surface area contributed by atoms with Crippen molar-refractivity contribution in [3.8, 4) is 5.06 Å². The molecule has 2 rings (SSSR count). The number of benzene rings is 1. The van der Waals surface area contributed by atoms with Crippen molar-refractivity contribution < 1.29 is 22.7 Å². The molecule has 1 heterocycles. The molecule has 0 radical (unpaired) electrons. The summed E-state index contributed by atoms with van der Waals surface area (Å²) in [7, 11) is -4.16. The number of anilines is 1. The first-order chi connectivity index (χ1) is 11.6. The number of ketones is 1. The zero-order valence-electron chi connectivity index (χ0n) is 12.4. The molecule has 0 bridgehead atoms. The molecule has 0 aliphatic heterocycles. The number of aromatic nitrogens is 1. The molecular formula is C13H9Cl3N2O5S2. The second kappa shape index (κ2) is 7.88. The Hall–Kier alpha value is -1.39. The molecule has 25 heavy (non-hydrogen) atoms. The summed E-state index contributed by atoms with van der Waals surface area (Å²) in [5, 5.41) is -0.298. The zero-order chi connectivity index (χ0) is 18.8. The lowest BCUT2D eigenvalue weighted by atomic mass is 10.3. The van der Waals surface area contributed by atoms with Crippen molar-refractivity contribution in [3.05, 3.63) is 33.4 Å². The number of thiazole rings is 1. The Bertz CT molecular complexity index is 920. The number of nitrogens with one attached hydrogen (secondary N) is 1. The van der Waals surface area contributed by atoms with Crippen LogP contribution < -0.4 is 9.46 Å². The number of halogens is 3. The number of nitrogens with zero attached hydrogens (tertiary/aromatic N) is 1. The molecular weight excluding hydrogens is 435 g/mol. The molecule has 0 spiro atoms. The molecule has 0 aliphatic rings. The summed E-state index contributed by atoms with van der Waals surface area (Å²) in [6.45, 7) is 1.51. The van der Waals surface area contributed by atoms with Crippen LogP contribution in [0.2, 0.25) is 15.1 Å². The number of carbonyl (C=O) groups excluding carboxylic acids is 2. The third kappa shape index (κ3) is 4.83. The Morgan fingerprint density at radius 3 is 2.40 bits per heavy atom. The van der Waals surface area contributed by atoms with E-state index in [1.165, 1.54) is 19.1 Å². The van der Waals surface area contributed by atoms with Crippen LogP contribution in [-0.2, 0) is 19.6 Å². The largest absolute Gasteiger partial charge is 0.408 e. The highest BCUT2D eigenvalue weighted by atomic mass is 35.5. The van der Waals surface area contributed by atoms with E-state index in [4.69, 9.17) is 39.5 Å². The SMILES string of the molecule is CCC(=O)C(=O)Oc1cnc(NS(=O)(=O)c2c(Cl)cc(Cl)cc2Cl)s1. The highest BCUT2D eigenvalue weighted by molar-refractivity contribution is 7.93. The van der Waals surface area contributed by atoms with Crippen molar-refractivity contribution in [3.63, 3.8) is 0 Å². The summed E-state index contributed by atoms with van der Waals surface area (Å²) in [6, 6.07) is 2.46. The fraction of sp³-hybridized carbons (Fsp3) is 0.154. The molecule has 0 saturated heterocycles. The Morgan fingerprint density at radius 1 is 1.24 bits per heavy atom. The quantitative estimate of drug-likeness (QED) is 0.538. The average Bonchev–Trinajstić information content (AvgIpc) is 2.90. The maximum absolute atomic E-state index is 12.4. The molecule has 12 heteroatoms. The molecule has 7 nitrogen and oxygen atoms in total. The third-order valence-electron chi connectivity index (χ3n) is 2.68. The van der Waals surface area contributed by atoms with E-state index in [-0.39, 0.29) is 36.6 Å². The van der Waals surface area contributed by atoms with Crippen LogP contribution in [0.3, 0.4) is 0 Å². The maximum atomic E-state index is 12.4. The lowest BCUT2D eigenvalue weighted by molar-refractivity contribution is -0.146. The fourth-order valence-corrected chi connectivity index (χ4v) is 5.05. The van der Waals surface area contributed by atoms with E-state index < -0.39 is 21.8 Å². The van der Waals surface area contributed by atoms with Crippen LogP contribution in [-0.4, -0.2) is 25.2 Å². The molecule has 0 saturated carbocycles. The summed E-state index contributed by atoms with van der Waals surface area (Å²) in [5.74, 6) is -1.76. The van der Waals surface area contributed by atoms with E-state index in [9.17, 15) is 18.0 Å². The third-order valence-corrected chi connectivity index (χ3v) is 6.08. The van der Waals surface area contributed by atoms with E-state index in [0.29, 0.717) is 11.3 Å². The Morgan fingerprint density at radius 2 is 1.84 bits per heavy atom. The summed E-state index contributed by atoms with van der Waals surface area (Å²) in [5.41, 5.74) is 0. The van der Waals surface area contributed by atoms with Gasteiger partial charge in [0.2, 0.25) is 10.8 Å². The Labute approximate surface area is 161 Å². The molecule has 0 atom stereocenters. The molecule has 1 N–H and O–H groups in total. The second-order valence-corrected chi connectivity index (χ2v) is 8.32. The highest BCUT2D eigenvalue weighted by Gasteiger charge is 2.24. The minimum Gasteiger partial charge on any atom is -0.408 e. The predicted molar refractivity (Wildman–Crippen MR) is 95.3 cm³/mol. The summed E-state index contributed by atoms with van der Waals surface area (Å²) in [6.07, 6.45) is 1.10. The van der Waals surface area contributed by atoms with Crippen LogP contribution >= 0.6 is 46.1 Å². The van der Waals surface area contributed by atoms with Crippen LogP contribution in [0.1, 0.15) is 13.3 Å². The Kier molecular flexibility index (Phi) is 6.28.